The third-order valence-electron chi connectivity index (χ3n) is 8.57. The van der Waals surface area contributed by atoms with Gasteiger partial charge >= 0.3 is 0 Å². The lowest BCUT2D eigenvalue weighted by atomic mass is 9.85. The molecule has 7 aromatic carbocycles. The molecule has 0 atom stereocenters. The van der Waals surface area contributed by atoms with Crippen LogP contribution in [0.1, 0.15) is 0 Å². The molecule has 0 radical (unpaired) electrons. The molecular formula is C40H24O2. The lowest BCUT2D eigenvalue weighted by molar-refractivity contribution is 0.615. The SMILES string of the molecule is c1ccc(-c2ccc(-c3c4ccccc4c(-c4ccc5oc6ccc7occc7c6c5c4)c4ccccc34)cc2)cc1. The highest BCUT2D eigenvalue weighted by atomic mass is 16.3. The number of hydrogen-bond donors (Lipinski definition) is 0. The van der Waals surface area contributed by atoms with Crippen LogP contribution >= 0.6 is 0 Å². The first-order valence-electron chi connectivity index (χ1n) is 14.3. The molecule has 0 aliphatic carbocycles. The molecule has 0 saturated heterocycles. The molecule has 0 spiro atoms. The van der Waals surface area contributed by atoms with Crippen molar-refractivity contribution in [2.24, 2.45) is 0 Å². The maximum absolute atomic E-state index is 6.27. The van der Waals surface area contributed by atoms with Gasteiger partial charge in [0.15, 0.2) is 0 Å². The van der Waals surface area contributed by atoms with E-state index in [4.69, 9.17) is 8.83 Å². The molecule has 0 bridgehead atoms. The molecule has 0 aliphatic rings. The van der Waals surface area contributed by atoms with Gasteiger partial charge in [-0.3, -0.25) is 0 Å². The predicted octanol–water partition coefficient (Wildman–Crippen LogP) is 11.6. The molecule has 0 aliphatic heterocycles. The summed E-state index contributed by atoms with van der Waals surface area (Å²) in [5, 5.41) is 8.23. The molecule has 0 unspecified atom stereocenters. The molecule has 0 N–H and O–H groups in total. The van der Waals surface area contributed by atoms with Gasteiger partial charge in [-0.1, -0.05) is 109 Å². The fourth-order valence-corrected chi connectivity index (χ4v) is 6.69. The number of rotatable bonds is 3. The van der Waals surface area contributed by atoms with Crippen LogP contribution in [0.2, 0.25) is 0 Å². The minimum atomic E-state index is 0.870. The summed E-state index contributed by atoms with van der Waals surface area (Å²) < 4.78 is 12.0. The molecule has 9 aromatic rings. The second-order valence-corrected chi connectivity index (χ2v) is 10.9. The Morgan fingerprint density at radius 1 is 0.333 bits per heavy atom. The summed E-state index contributed by atoms with van der Waals surface area (Å²) in [7, 11) is 0. The third-order valence-corrected chi connectivity index (χ3v) is 8.57. The zero-order valence-electron chi connectivity index (χ0n) is 22.7. The number of furan rings is 2. The van der Waals surface area contributed by atoms with Crippen molar-refractivity contribution in [3.63, 3.8) is 0 Å². The minimum absolute atomic E-state index is 0.870. The van der Waals surface area contributed by atoms with E-state index in [1.54, 1.807) is 6.26 Å². The first-order valence-corrected chi connectivity index (χ1v) is 14.3. The van der Waals surface area contributed by atoms with Crippen LogP contribution in [-0.2, 0) is 0 Å². The monoisotopic (exact) mass is 536 g/mol. The summed E-state index contributed by atoms with van der Waals surface area (Å²) in [6.07, 6.45) is 1.75. The summed E-state index contributed by atoms with van der Waals surface area (Å²) in [5.74, 6) is 0. The number of fused-ring (bicyclic) bond motifs is 7. The highest BCUT2D eigenvalue weighted by molar-refractivity contribution is 6.23. The Morgan fingerprint density at radius 3 is 1.55 bits per heavy atom. The Labute approximate surface area is 242 Å². The summed E-state index contributed by atoms with van der Waals surface area (Å²) in [6, 6.07) is 49.7. The molecule has 0 amide bonds. The molecular weight excluding hydrogens is 512 g/mol. The highest BCUT2D eigenvalue weighted by Crippen LogP contribution is 2.45. The molecule has 0 saturated carbocycles. The molecule has 2 heteroatoms. The minimum Gasteiger partial charge on any atom is -0.464 e. The molecule has 2 nitrogen and oxygen atoms in total. The van der Waals surface area contributed by atoms with Crippen molar-refractivity contribution >= 4 is 54.5 Å². The molecule has 196 valence electrons. The van der Waals surface area contributed by atoms with E-state index >= 15 is 0 Å². The normalized spacial score (nSPS) is 11.8. The van der Waals surface area contributed by atoms with Gasteiger partial charge in [0.2, 0.25) is 0 Å². The van der Waals surface area contributed by atoms with Crippen molar-refractivity contribution in [2.75, 3.05) is 0 Å². The van der Waals surface area contributed by atoms with Crippen LogP contribution < -0.4 is 0 Å². The number of hydrogen-bond acceptors (Lipinski definition) is 2. The van der Waals surface area contributed by atoms with Gasteiger partial charge in [-0.05, 0) is 85.3 Å². The largest absolute Gasteiger partial charge is 0.464 e. The zero-order chi connectivity index (χ0) is 27.6. The van der Waals surface area contributed by atoms with E-state index in [0.29, 0.717) is 0 Å². The van der Waals surface area contributed by atoms with E-state index in [9.17, 15) is 0 Å². The summed E-state index contributed by atoms with van der Waals surface area (Å²) in [6.45, 7) is 0. The lowest BCUT2D eigenvalue weighted by Crippen LogP contribution is -1.91. The molecule has 9 rings (SSSR count). The van der Waals surface area contributed by atoms with Crippen LogP contribution in [-0.4, -0.2) is 0 Å². The van der Waals surface area contributed by atoms with Crippen molar-refractivity contribution in [2.45, 2.75) is 0 Å². The van der Waals surface area contributed by atoms with Crippen LogP contribution in [0.15, 0.2) is 155 Å². The Kier molecular flexibility index (Phi) is 4.93. The quantitative estimate of drug-likeness (QED) is 0.210. The van der Waals surface area contributed by atoms with Crippen LogP contribution in [0.25, 0.3) is 87.8 Å². The average molecular weight is 537 g/mol. The predicted molar refractivity (Wildman–Crippen MR) is 175 cm³/mol. The fraction of sp³-hybridized carbons (Fsp3) is 0. The maximum atomic E-state index is 6.27. The van der Waals surface area contributed by atoms with Gasteiger partial charge in [-0.2, -0.15) is 0 Å². The van der Waals surface area contributed by atoms with Crippen molar-refractivity contribution < 1.29 is 8.83 Å². The Morgan fingerprint density at radius 2 is 0.857 bits per heavy atom. The first kappa shape index (κ1) is 23.1. The Hall–Kier alpha value is -5.60. The molecule has 2 heterocycles. The van der Waals surface area contributed by atoms with Crippen LogP contribution in [0.4, 0.5) is 0 Å². The summed E-state index contributed by atoms with van der Waals surface area (Å²) in [5.41, 5.74) is 9.96. The standard InChI is InChI=1S/C40H24O2/c1-2-8-25(9-3-1)26-14-16-27(17-15-26)38-29-10-4-6-12-31(29)39(32-13-7-5-11-30(32)38)28-18-19-36-34(24-28)40-33-22-23-41-35(33)20-21-37(40)42-36/h1-24H. The fourth-order valence-electron chi connectivity index (χ4n) is 6.69. The average Bonchev–Trinajstić information content (AvgIpc) is 3.68. The van der Waals surface area contributed by atoms with Gasteiger partial charge in [0.1, 0.15) is 16.7 Å². The van der Waals surface area contributed by atoms with Gasteiger partial charge in [0.25, 0.3) is 0 Å². The second kappa shape index (κ2) is 8.95. The summed E-state index contributed by atoms with van der Waals surface area (Å²) in [4.78, 5) is 0. The van der Waals surface area contributed by atoms with Crippen molar-refractivity contribution in [3.8, 4) is 33.4 Å². The Bertz CT molecular complexity index is 2380. The summed E-state index contributed by atoms with van der Waals surface area (Å²) >= 11 is 0. The maximum Gasteiger partial charge on any atom is 0.136 e. The molecule has 2 aromatic heterocycles. The van der Waals surface area contributed by atoms with Crippen LogP contribution in [0.3, 0.4) is 0 Å². The van der Waals surface area contributed by atoms with Gasteiger partial charge in [0, 0.05) is 16.2 Å². The van der Waals surface area contributed by atoms with E-state index in [-0.39, 0.29) is 0 Å². The number of benzene rings is 7. The molecule has 42 heavy (non-hydrogen) atoms. The van der Waals surface area contributed by atoms with Crippen molar-refractivity contribution in [1.82, 2.24) is 0 Å². The third kappa shape index (κ3) is 3.39. The van der Waals surface area contributed by atoms with Crippen LogP contribution in [0, 0.1) is 0 Å². The van der Waals surface area contributed by atoms with E-state index in [0.717, 1.165) is 32.9 Å². The van der Waals surface area contributed by atoms with E-state index < -0.39 is 0 Å². The van der Waals surface area contributed by atoms with Gasteiger partial charge in [-0.25, -0.2) is 0 Å². The highest BCUT2D eigenvalue weighted by Gasteiger charge is 2.18. The van der Waals surface area contributed by atoms with Gasteiger partial charge < -0.3 is 8.83 Å². The smallest absolute Gasteiger partial charge is 0.136 e. The van der Waals surface area contributed by atoms with Crippen molar-refractivity contribution in [1.29, 1.82) is 0 Å². The van der Waals surface area contributed by atoms with E-state index in [1.807, 2.05) is 18.2 Å². The van der Waals surface area contributed by atoms with Crippen molar-refractivity contribution in [3.05, 3.63) is 146 Å². The van der Waals surface area contributed by atoms with Crippen LogP contribution in [0.5, 0.6) is 0 Å². The molecule has 0 fully saturated rings. The Balaban J connectivity index is 1.32. The van der Waals surface area contributed by atoms with Gasteiger partial charge in [-0.15, -0.1) is 0 Å². The van der Waals surface area contributed by atoms with Gasteiger partial charge in [0.05, 0.1) is 6.26 Å². The second-order valence-electron chi connectivity index (χ2n) is 10.9. The first-order chi connectivity index (χ1) is 20.8. The topological polar surface area (TPSA) is 26.3 Å². The van der Waals surface area contributed by atoms with E-state index in [1.165, 1.54) is 54.9 Å². The van der Waals surface area contributed by atoms with E-state index in [2.05, 4.69) is 121 Å². The zero-order valence-corrected chi connectivity index (χ0v) is 22.7. The lowest BCUT2D eigenvalue weighted by Gasteiger charge is -2.18.